The van der Waals surface area contributed by atoms with E-state index in [4.69, 9.17) is 0 Å². The fourth-order valence-corrected chi connectivity index (χ4v) is 1.72. The lowest BCUT2D eigenvalue weighted by Crippen LogP contribution is -2.11. The average Bonchev–Trinajstić information content (AvgIpc) is 2.47. The van der Waals surface area contributed by atoms with Gasteiger partial charge in [0, 0.05) is 5.69 Å². The summed E-state index contributed by atoms with van der Waals surface area (Å²) in [6, 6.07) is 9.77. The summed E-state index contributed by atoms with van der Waals surface area (Å²) in [5, 5.41) is 3.21. The maximum atomic E-state index is 11.6. The van der Waals surface area contributed by atoms with Crippen molar-refractivity contribution < 1.29 is 0 Å². The number of para-hydroxylation sites is 1. The highest BCUT2D eigenvalue weighted by molar-refractivity contribution is 5.67. The Bertz CT molecular complexity index is 754. The number of rotatable bonds is 3. The third kappa shape index (κ3) is 2.42. The third-order valence-corrected chi connectivity index (χ3v) is 2.65. The van der Waals surface area contributed by atoms with E-state index in [1.807, 2.05) is 30.3 Å². The summed E-state index contributed by atoms with van der Waals surface area (Å²) >= 11 is 0. The number of aromatic nitrogens is 4. The SMILES string of the molecule is O=c1[nH]cnc2ncc(CNc3ccccc3)nc12. The number of aromatic amines is 1. The molecule has 94 valence electrons. The first-order valence-electron chi connectivity index (χ1n) is 5.81. The summed E-state index contributed by atoms with van der Waals surface area (Å²) in [7, 11) is 0. The minimum atomic E-state index is -0.279. The van der Waals surface area contributed by atoms with Gasteiger partial charge in [-0.15, -0.1) is 0 Å². The van der Waals surface area contributed by atoms with E-state index < -0.39 is 0 Å². The number of hydrogen-bond donors (Lipinski definition) is 2. The van der Waals surface area contributed by atoms with Crippen molar-refractivity contribution in [2.24, 2.45) is 0 Å². The quantitative estimate of drug-likeness (QED) is 0.735. The Hall–Kier alpha value is -2.76. The van der Waals surface area contributed by atoms with E-state index in [0.717, 1.165) is 5.69 Å². The molecule has 3 rings (SSSR count). The maximum absolute atomic E-state index is 11.6. The van der Waals surface area contributed by atoms with Crippen molar-refractivity contribution in [3.63, 3.8) is 0 Å². The summed E-state index contributed by atoms with van der Waals surface area (Å²) < 4.78 is 0. The molecule has 0 aliphatic heterocycles. The second-order valence-electron chi connectivity index (χ2n) is 3.98. The number of anilines is 1. The molecular formula is C13H11N5O. The van der Waals surface area contributed by atoms with Crippen molar-refractivity contribution in [3.05, 3.63) is 58.9 Å². The van der Waals surface area contributed by atoms with Crippen molar-refractivity contribution in [2.75, 3.05) is 5.32 Å². The normalized spacial score (nSPS) is 10.5. The molecule has 0 aliphatic rings. The number of nitrogens with one attached hydrogen (secondary N) is 2. The second-order valence-corrected chi connectivity index (χ2v) is 3.98. The Balaban J connectivity index is 1.86. The van der Waals surface area contributed by atoms with Gasteiger partial charge in [-0.2, -0.15) is 0 Å². The van der Waals surface area contributed by atoms with Crippen molar-refractivity contribution in [2.45, 2.75) is 6.54 Å². The van der Waals surface area contributed by atoms with Crippen LogP contribution in [0, 0.1) is 0 Å². The van der Waals surface area contributed by atoms with Gasteiger partial charge in [0.05, 0.1) is 24.8 Å². The molecule has 0 amide bonds. The average molecular weight is 253 g/mol. The predicted octanol–water partition coefficient (Wildman–Crippen LogP) is 1.33. The molecule has 0 unspecified atom stereocenters. The second kappa shape index (κ2) is 4.85. The largest absolute Gasteiger partial charge is 0.379 e. The Morgan fingerprint density at radius 2 is 2.00 bits per heavy atom. The van der Waals surface area contributed by atoms with Gasteiger partial charge in [-0.3, -0.25) is 4.79 Å². The molecule has 0 saturated heterocycles. The molecule has 19 heavy (non-hydrogen) atoms. The van der Waals surface area contributed by atoms with Crippen LogP contribution in [0.3, 0.4) is 0 Å². The molecule has 0 fully saturated rings. The zero-order valence-corrected chi connectivity index (χ0v) is 10.00. The van der Waals surface area contributed by atoms with Gasteiger partial charge in [-0.1, -0.05) is 18.2 Å². The summed E-state index contributed by atoms with van der Waals surface area (Å²) in [5.74, 6) is 0. The van der Waals surface area contributed by atoms with Gasteiger partial charge in [-0.25, -0.2) is 15.0 Å². The smallest absolute Gasteiger partial charge is 0.278 e. The molecule has 1 aromatic carbocycles. The van der Waals surface area contributed by atoms with Crippen LogP contribution in [0.15, 0.2) is 47.7 Å². The molecule has 2 N–H and O–H groups in total. The molecular weight excluding hydrogens is 242 g/mol. The fraction of sp³-hybridized carbons (Fsp3) is 0.0769. The minimum Gasteiger partial charge on any atom is -0.379 e. The summed E-state index contributed by atoms with van der Waals surface area (Å²) in [4.78, 5) is 26.4. The van der Waals surface area contributed by atoms with Gasteiger partial charge in [0.25, 0.3) is 5.56 Å². The van der Waals surface area contributed by atoms with Crippen LogP contribution in [0.25, 0.3) is 11.2 Å². The Morgan fingerprint density at radius 1 is 1.16 bits per heavy atom. The first-order valence-corrected chi connectivity index (χ1v) is 5.81. The molecule has 2 heterocycles. The number of hydrogen-bond acceptors (Lipinski definition) is 5. The fourth-order valence-electron chi connectivity index (χ4n) is 1.72. The van der Waals surface area contributed by atoms with Crippen molar-refractivity contribution in [1.82, 2.24) is 19.9 Å². The first kappa shape index (κ1) is 11.3. The highest BCUT2D eigenvalue weighted by Gasteiger charge is 2.04. The highest BCUT2D eigenvalue weighted by atomic mass is 16.1. The van der Waals surface area contributed by atoms with Gasteiger partial charge in [-0.05, 0) is 12.1 Å². The molecule has 0 bridgehead atoms. The van der Waals surface area contributed by atoms with Crippen LogP contribution in [0.4, 0.5) is 5.69 Å². The van der Waals surface area contributed by atoms with Crippen LogP contribution in [0.5, 0.6) is 0 Å². The van der Waals surface area contributed by atoms with Gasteiger partial charge in [0.2, 0.25) is 0 Å². The molecule has 3 aromatic rings. The maximum Gasteiger partial charge on any atom is 0.278 e. The van der Waals surface area contributed by atoms with Crippen LogP contribution in [-0.4, -0.2) is 19.9 Å². The predicted molar refractivity (Wildman–Crippen MR) is 71.7 cm³/mol. The monoisotopic (exact) mass is 253 g/mol. The van der Waals surface area contributed by atoms with Crippen LogP contribution >= 0.6 is 0 Å². The zero-order valence-electron chi connectivity index (χ0n) is 10.00. The van der Waals surface area contributed by atoms with Crippen LogP contribution < -0.4 is 10.9 Å². The van der Waals surface area contributed by atoms with E-state index in [1.54, 1.807) is 6.20 Å². The van der Waals surface area contributed by atoms with Gasteiger partial charge < -0.3 is 10.3 Å². The number of H-pyrrole nitrogens is 1. The van der Waals surface area contributed by atoms with Crippen LogP contribution in [-0.2, 0) is 6.54 Å². The molecule has 6 nitrogen and oxygen atoms in total. The van der Waals surface area contributed by atoms with Crippen LogP contribution in [0.2, 0.25) is 0 Å². The first-order chi connectivity index (χ1) is 9.33. The van der Waals surface area contributed by atoms with Gasteiger partial charge in [0.1, 0.15) is 0 Å². The van der Waals surface area contributed by atoms with E-state index in [-0.39, 0.29) is 11.1 Å². The molecule has 0 aliphatic carbocycles. The Labute approximate surface area is 108 Å². The Kier molecular flexibility index (Phi) is 2.89. The summed E-state index contributed by atoms with van der Waals surface area (Å²) in [6.07, 6.45) is 2.94. The van der Waals surface area contributed by atoms with Crippen molar-refractivity contribution >= 4 is 16.9 Å². The molecule has 0 atom stereocenters. The molecule has 0 saturated carbocycles. The molecule has 6 heteroatoms. The van der Waals surface area contributed by atoms with E-state index in [2.05, 4.69) is 25.3 Å². The standard InChI is InChI=1S/C13H11N5O/c19-13-11-12(16-8-17-13)15-7-10(18-11)6-14-9-4-2-1-3-5-9/h1-5,7-8,14H,6H2,(H,15,16,17,19). The zero-order chi connectivity index (χ0) is 13.1. The van der Waals surface area contributed by atoms with E-state index in [9.17, 15) is 4.79 Å². The highest BCUT2D eigenvalue weighted by Crippen LogP contribution is 2.07. The van der Waals surface area contributed by atoms with Gasteiger partial charge >= 0.3 is 0 Å². The summed E-state index contributed by atoms with van der Waals surface area (Å²) in [5.41, 5.74) is 2.01. The lowest BCUT2D eigenvalue weighted by molar-refractivity contribution is 1.01. The number of nitrogens with zero attached hydrogens (tertiary/aromatic N) is 3. The van der Waals surface area contributed by atoms with Crippen LogP contribution in [0.1, 0.15) is 5.69 Å². The topological polar surface area (TPSA) is 83.6 Å². The minimum absolute atomic E-state index is 0.259. The van der Waals surface area contributed by atoms with E-state index in [1.165, 1.54) is 6.33 Å². The van der Waals surface area contributed by atoms with Crippen molar-refractivity contribution in [3.8, 4) is 0 Å². The van der Waals surface area contributed by atoms with E-state index in [0.29, 0.717) is 17.9 Å². The lowest BCUT2D eigenvalue weighted by Gasteiger charge is -2.05. The lowest BCUT2D eigenvalue weighted by atomic mass is 10.3. The van der Waals surface area contributed by atoms with Crippen molar-refractivity contribution in [1.29, 1.82) is 0 Å². The number of fused-ring (bicyclic) bond motifs is 1. The summed E-state index contributed by atoms with van der Waals surface area (Å²) in [6.45, 7) is 0.501. The third-order valence-electron chi connectivity index (χ3n) is 2.65. The van der Waals surface area contributed by atoms with Gasteiger partial charge in [0.15, 0.2) is 11.2 Å². The number of benzene rings is 1. The molecule has 0 spiro atoms. The molecule has 0 radical (unpaired) electrons. The van der Waals surface area contributed by atoms with E-state index >= 15 is 0 Å². The molecule has 2 aromatic heterocycles. The Morgan fingerprint density at radius 3 is 2.84 bits per heavy atom.